The Bertz CT molecular complexity index is 566. The van der Waals surface area contributed by atoms with E-state index in [0.29, 0.717) is 6.61 Å². The summed E-state index contributed by atoms with van der Waals surface area (Å²) in [5.74, 6) is -0.861. The van der Waals surface area contributed by atoms with Crippen molar-refractivity contribution in [3.63, 3.8) is 0 Å². The fourth-order valence-electron chi connectivity index (χ4n) is 1.58. The minimum Gasteiger partial charge on any atom is -0.380 e. The molecule has 0 saturated heterocycles. The van der Waals surface area contributed by atoms with Crippen molar-refractivity contribution in [1.82, 2.24) is 4.31 Å². The normalized spacial score (nSPS) is 12.1. The molecule has 0 aliphatic heterocycles. The third-order valence-corrected chi connectivity index (χ3v) is 4.82. The van der Waals surface area contributed by atoms with Crippen LogP contribution in [0.2, 0.25) is 5.02 Å². The Hall–Kier alpha value is -0.730. The highest BCUT2D eigenvalue weighted by Gasteiger charge is 2.26. The summed E-state index contributed by atoms with van der Waals surface area (Å²) in [4.78, 5) is -0.468. The van der Waals surface area contributed by atoms with E-state index in [-0.39, 0.29) is 30.3 Å². The van der Waals surface area contributed by atoms with Crippen molar-refractivity contribution in [2.45, 2.75) is 18.4 Å². The van der Waals surface area contributed by atoms with Crippen LogP contribution in [0.4, 0.5) is 4.39 Å². The van der Waals surface area contributed by atoms with Crippen molar-refractivity contribution in [2.24, 2.45) is 5.73 Å². The number of rotatable bonds is 7. The average Bonchev–Trinajstić information content (AvgIpc) is 2.40. The van der Waals surface area contributed by atoms with Gasteiger partial charge in [0.2, 0.25) is 10.0 Å². The molecule has 8 heteroatoms. The van der Waals surface area contributed by atoms with Gasteiger partial charge in [-0.15, -0.1) is 0 Å². The molecule has 114 valence electrons. The SMILES string of the molecule is CCOCCN(C)S(=O)(=O)c1cc(Cl)cc(CN)c1F. The molecular weight excluding hydrogens is 307 g/mol. The molecule has 0 aliphatic rings. The van der Waals surface area contributed by atoms with Gasteiger partial charge in [0.15, 0.2) is 0 Å². The molecule has 0 bridgehead atoms. The molecule has 1 aromatic carbocycles. The second-order valence-corrected chi connectivity index (χ2v) is 6.55. The van der Waals surface area contributed by atoms with Gasteiger partial charge in [-0.05, 0) is 19.1 Å². The summed E-state index contributed by atoms with van der Waals surface area (Å²) < 4.78 is 44.8. The lowest BCUT2D eigenvalue weighted by atomic mass is 10.2. The third kappa shape index (κ3) is 3.89. The van der Waals surface area contributed by atoms with Crippen LogP contribution < -0.4 is 5.73 Å². The molecular formula is C12H18ClFN2O3S. The Morgan fingerprint density at radius 2 is 2.10 bits per heavy atom. The monoisotopic (exact) mass is 324 g/mol. The number of sulfonamides is 1. The van der Waals surface area contributed by atoms with Crippen LogP contribution in [0.25, 0.3) is 0 Å². The molecule has 0 radical (unpaired) electrons. The standard InChI is InChI=1S/C12H18ClFN2O3S/c1-3-19-5-4-16(2)20(17,18)11-7-10(13)6-9(8-15)12(11)14/h6-7H,3-5,8,15H2,1-2H3. The first-order valence-electron chi connectivity index (χ1n) is 6.06. The van der Waals surface area contributed by atoms with Crippen LogP contribution in [0, 0.1) is 5.82 Å². The summed E-state index contributed by atoms with van der Waals surface area (Å²) in [5.41, 5.74) is 5.44. The minimum absolute atomic E-state index is 0.0642. The maximum Gasteiger partial charge on any atom is 0.245 e. The van der Waals surface area contributed by atoms with E-state index >= 15 is 0 Å². The molecule has 0 aliphatic carbocycles. The van der Waals surface area contributed by atoms with Crippen LogP contribution in [0.15, 0.2) is 17.0 Å². The number of hydrogen-bond acceptors (Lipinski definition) is 4. The summed E-state index contributed by atoms with van der Waals surface area (Å²) in [6.45, 7) is 2.52. The zero-order valence-electron chi connectivity index (χ0n) is 11.4. The van der Waals surface area contributed by atoms with Crippen LogP contribution in [0.1, 0.15) is 12.5 Å². The van der Waals surface area contributed by atoms with E-state index in [0.717, 1.165) is 10.4 Å². The van der Waals surface area contributed by atoms with E-state index in [1.807, 2.05) is 0 Å². The largest absolute Gasteiger partial charge is 0.380 e. The van der Waals surface area contributed by atoms with Crippen molar-refractivity contribution in [2.75, 3.05) is 26.8 Å². The lowest BCUT2D eigenvalue weighted by Gasteiger charge is -2.18. The third-order valence-electron chi connectivity index (χ3n) is 2.74. The highest BCUT2D eigenvalue weighted by atomic mass is 35.5. The molecule has 20 heavy (non-hydrogen) atoms. The second kappa shape index (κ2) is 7.33. The molecule has 5 nitrogen and oxygen atoms in total. The van der Waals surface area contributed by atoms with Crippen molar-refractivity contribution in [3.05, 3.63) is 28.5 Å². The lowest BCUT2D eigenvalue weighted by Crippen LogP contribution is -2.31. The summed E-state index contributed by atoms with van der Waals surface area (Å²) in [5, 5.41) is 0.128. The highest BCUT2D eigenvalue weighted by molar-refractivity contribution is 7.89. The Morgan fingerprint density at radius 3 is 2.65 bits per heavy atom. The molecule has 0 spiro atoms. The lowest BCUT2D eigenvalue weighted by molar-refractivity contribution is 0.138. The van der Waals surface area contributed by atoms with E-state index in [9.17, 15) is 12.8 Å². The molecule has 0 unspecified atom stereocenters. The van der Waals surface area contributed by atoms with E-state index in [1.54, 1.807) is 6.92 Å². The first kappa shape index (κ1) is 17.3. The summed E-state index contributed by atoms with van der Waals surface area (Å²) in [7, 11) is -2.61. The molecule has 0 atom stereocenters. The Labute approximate surface area is 123 Å². The predicted octanol–water partition coefficient (Wildman–Crippen LogP) is 1.59. The smallest absolute Gasteiger partial charge is 0.245 e. The highest BCUT2D eigenvalue weighted by Crippen LogP contribution is 2.25. The van der Waals surface area contributed by atoms with Gasteiger partial charge >= 0.3 is 0 Å². The molecule has 1 aromatic rings. The summed E-state index contributed by atoms with van der Waals surface area (Å²) >= 11 is 5.81. The second-order valence-electron chi connectivity index (χ2n) is 4.10. The maximum atomic E-state index is 14.1. The van der Waals surface area contributed by atoms with Crippen LogP contribution in [0.3, 0.4) is 0 Å². The first-order valence-corrected chi connectivity index (χ1v) is 7.88. The Morgan fingerprint density at radius 1 is 1.45 bits per heavy atom. The fraction of sp³-hybridized carbons (Fsp3) is 0.500. The average molecular weight is 325 g/mol. The quantitative estimate of drug-likeness (QED) is 0.773. The van der Waals surface area contributed by atoms with Crippen molar-refractivity contribution in [3.8, 4) is 0 Å². The van der Waals surface area contributed by atoms with E-state index in [2.05, 4.69) is 0 Å². The first-order chi connectivity index (χ1) is 9.34. The molecule has 0 amide bonds. The number of benzene rings is 1. The Kier molecular flexibility index (Phi) is 6.35. The van der Waals surface area contributed by atoms with Crippen LogP contribution in [0.5, 0.6) is 0 Å². The zero-order chi connectivity index (χ0) is 15.3. The van der Waals surface area contributed by atoms with Gasteiger partial charge in [0.25, 0.3) is 0 Å². The molecule has 1 rings (SSSR count). The van der Waals surface area contributed by atoms with Gasteiger partial charge in [0.1, 0.15) is 10.7 Å². The summed E-state index contributed by atoms with van der Waals surface area (Å²) in [6, 6.07) is 2.40. The van der Waals surface area contributed by atoms with Crippen molar-refractivity contribution >= 4 is 21.6 Å². The van der Waals surface area contributed by atoms with Gasteiger partial charge in [-0.1, -0.05) is 11.6 Å². The molecule has 0 aromatic heterocycles. The number of hydrogen-bond donors (Lipinski definition) is 1. The van der Waals surface area contributed by atoms with Gasteiger partial charge in [0.05, 0.1) is 6.61 Å². The van der Waals surface area contributed by atoms with Gasteiger partial charge < -0.3 is 10.5 Å². The zero-order valence-corrected chi connectivity index (χ0v) is 13.0. The maximum absolute atomic E-state index is 14.1. The van der Waals surface area contributed by atoms with Gasteiger partial charge in [-0.25, -0.2) is 12.8 Å². The number of likely N-dealkylation sites (N-methyl/N-ethyl adjacent to an activating group) is 1. The van der Waals surface area contributed by atoms with Gasteiger partial charge in [-0.2, -0.15) is 4.31 Å². The molecule has 0 saturated carbocycles. The number of ether oxygens (including phenoxy) is 1. The Balaban J connectivity index is 3.12. The predicted molar refractivity (Wildman–Crippen MR) is 75.6 cm³/mol. The van der Waals surface area contributed by atoms with E-state index in [1.165, 1.54) is 13.1 Å². The minimum atomic E-state index is -3.97. The molecule has 2 N–H and O–H groups in total. The van der Waals surface area contributed by atoms with Crippen molar-refractivity contribution < 1.29 is 17.5 Å². The molecule has 0 heterocycles. The fourth-order valence-corrected chi connectivity index (χ4v) is 3.17. The van der Waals surface area contributed by atoms with Crippen LogP contribution in [-0.4, -0.2) is 39.5 Å². The van der Waals surface area contributed by atoms with E-state index < -0.39 is 20.7 Å². The van der Waals surface area contributed by atoms with Gasteiger partial charge in [0, 0.05) is 37.3 Å². The number of nitrogens with zero attached hydrogens (tertiary/aromatic N) is 1. The van der Waals surface area contributed by atoms with Crippen LogP contribution in [-0.2, 0) is 21.3 Å². The number of halogens is 2. The van der Waals surface area contributed by atoms with Crippen molar-refractivity contribution in [1.29, 1.82) is 0 Å². The number of nitrogens with two attached hydrogens (primary N) is 1. The summed E-state index contributed by atoms with van der Waals surface area (Å²) in [6.07, 6.45) is 0. The van der Waals surface area contributed by atoms with Crippen LogP contribution >= 0.6 is 11.6 Å². The van der Waals surface area contributed by atoms with E-state index in [4.69, 9.17) is 22.1 Å². The topological polar surface area (TPSA) is 72.6 Å². The molecule has 0 fully saturated rings. The van der Waals surface area contributed by atoms with Gasteiger partial charge in [-0.3, -0.25) is 0 Å².